The maximum atomic E-state index is 11.1. The molecule has 0 bridgehead atoms. The molecular weight excluding hydrogens is 1360 g/mol. The van der Waals surface area contributed by atoms with Crippen LogP contribution in [0.4, 0.5) is 0 Å². The molecule has 0 aromatic rings. The standard InChI is InChI=1S/C21H43N5O7.C20H41N5O7.C19H39N5O7.H2O4S/c1-9(25-3)13-6-5-10(22)19(31-13)32-16-11(23)7-12(24)17(14(16)27)33-20-15(28)18(26-4)21(2,29)8-30-20;1-8(21)12-5-4-9(22)18(30-12)31-15-10(23)6-11(24)16(13(15)26)32-19-14(27)17(25-3)20(2,28)7-29-19;1-19(27)7-28-18(13(26)16(19)24-2)31-15-11(23)5-10(22)14(12(15)25)30-17-9(21)4-3-8(6-20)29-17;1-5(2,3)4/h9-20,25-29H,5-8,22-24H2,1-4H3;8-19,25-28H,4-7,21-24H2,1-3H3;8-18,24-27H,3-7,20-23H2,1-2H3;(H2,1,2,3,4)/t9-,10-,11+,12-,13-,14+,15-,16-,17+,18-,19-,20-,21+;8-,9-,10+,11-,12-,13+,14-,15-,16+,17-,18-,19-,20+;8-,9+,10-,11+,12-,13+,14+,15-,16+,17+,18+,19-;/m110./s1. The van der Waals surface area contributed by atoms with E-state index in [0.717, 1.165) is 19.3 Å². The van der Waals surface area contributed by atoms with Crippen LogP contribution in [-0.4, -0.2) is 349 Å². The Morgan fingerprint density at radius 1 is 0.426 bits per heavy atom. The minimum atomic E-state index is -4.67. The number of hydrogen-bond donors (Lipinski definition) is 26. The topological polar surface area (TPSA) is 702 Å². The monoisotopic (exact) mass is 1490 g/mol. The number of hydrogen-bond acceptors (Lipinski definition) is 38. The Morgan fingerprint density at radius 2 is 0.683 bits per heavy atom. The zero-order valence-electron chi connectivity index (χ0n) is 59.3. The van der Waals surface area contributed by atoms with Gasteiger partial charge in [0, 0.05) is 54.9 Å². The summed E-state index contributed by atoms with van der Waals surface area (Å²) in [6.07, 6.45) is -13.3. The summed E-state index contributed by atoms with van der Waals surface area (Å²) in [7, 11) is 2.07. The lowest BCUT2D eigenvalue weighted by Gasteiger charge is -2.48. The van der Waals surface area contributed by atoms with Crippen molar-refractivity contribution in [1.82, 2.24) is 21.3 Å². The van der Waals surface area contributed by atoms with E-state index in [1.807, 2.05) is 20.9 Å². The average molecular weight is 1490 g/mol. The number of nitrogens with one attached hydrogen (secondary N) is 4. The molecule has 9 fully saturated rings. The molecular formula is C60H125N15O25S. The van der Waals surface area contributed by atoms with Crippen LogP contribution in [-0.2, 0) is 67.2 Å². The molecule has 37 N–H and O–H groups in total. The van der Waals surface area contributed by atoms with Gasteiger partial charge in [0.15, 0.2) is 37.7 Å². The zero-order chi connectivity index (χ0) is 75.7. The molecule has 0 aromatic heterocycles. The maximum Gasteiger partial charge on any atom is 0.394 e. The van der Waals surface area contributed by atoms with Crippen molar-refractivity contribution in [2.75, 3.05) is 54.6 Å². The van der Waals surface area contributed by atoms with Crippen LogP contribution >= 0.6 is 0 Å². The molecule has 0 radical (unpaired) electrons. The first-order valence-corrected chi connectivity index (χ1v) is 36.1. The van der Waals surface area contributed by atoms with Crippen LogP contribution in [0.2, 0.25) is 0 Å². The van der Waals surface area contributed by atoms with E-state index >= 15 is 0 Å². The van der Waals surface area contributed by atoms with Gasteiger partial charge in [-0.2, -0.15) is 8.42 Å². The normalized spacial score (nSPS) is 49.1. The van der Waals surface area contributed by atoms with Crippen molar-refractivity contribution in [3.8, 4) is 0 Å². The molecule has 3 aliphatic carbocycles. The molecule has 3 saturated carbocycles. The predicted octanol–water partition coefficient (Wildman–Crippen LogP) is -11.5. The Kier molecular flexibility index (Phi) is 33.4. The van der Waals surface area contributed by atoms with Gasteiger partial charge in [-0.05, 0) is 121 Å². The summed E-state index contributed by atoms with van der Waals surface area (Å²) >= 11 is 0. The van der Waals surface area contributed by atoms with Crippen LogP contribution < -0.4 is 84.3 Å². The minimum Gasteiger partial charge on any atom is -0.388 e. The Morgan fingerprint density at radius 3 is 0.950 bits per heavy atom. The van der Waals surface area contributed by atoms with Gasteiger partial charge in [0.2, 0.25) is 0 Å². The number of ether oxygens (including phenoxy) is 12. The van der Waals surface area contributed by atoms with Crippen LogP contribution in [0.1, 0.15) is 92.4 Å². The SMILES string of the molecule is CN[C@@H]1[C@@H](O)[C@@H](O[C@@H]2[C@@H](O)[C@H](O[C@H]3O[C@@H]([C@@H](C)N)CC[C@H]3N)[C@@H](N)C[C@H]2N)OC[C@]1(C)O.CN[C@@H]1[C@@H](O)[C@@H](O[C@@H]2[C@@H](O)[C@H](O[C@H]3O[C@@H]([C@@H](C)NC)CC[C@H]3N)[C@@H](N)C[C@H]2N)OC[C@]1(C)O.CN[C@@H]1[C@@H](O)[C@@H](O[C@@H]2[C@@H](O)[C@H](O[C@H]3O[C@H](CN)CC[C@H]3N)[C@@H](N)C[C@H]2N)OC[C@]1(C)O.O=S(=O)(O)O. The van der Waals surface area contributed by atoms with Gasteiger partial charge in [-0.15, -0.1) is 0 Å². The summed E-state index contributed by atoms with van der Waals surface area (Å²) in [4.78, 5) is 0. The fourth-order valence-corrected chi connectivity index (χ4v) is 14.6. The molecule has 596 valence electrons. The first kappa shape index (κ1) is 88.3. The Labute approximate surface area is 590 Å². The Bertz CT molecular complexity index is 2560. The van der Waals surface area contributed by atoms with Crippen molar-refractivity contribution in [3.05, 3.63) is 0 Å². The summed E-state index contributed by atoms with van der Waals surface area (Å²) in [5.41, 5.74) is 63.8. The van der Waals surface area contributed by atoms with Crippen molar-refractivity contribution in [2.45, 2.75) is 323 Å². The van der Waals surface area contributed by atoms with Gasteiger partial charge in [0.05, 0.1) is 74.4 Å². The molecule has 0 unspecified atom stereocenters. The molecule has 6 heterocycles. The van der Waals surface area contributed by atoms with E-state index in [4.69, 9.17) is 137 Å². The first-order valence-electron chi connectivity index (χ1n) is 34.7. The third-order valence-electron chi connectivity index (χ3n) is 20.6. The maximum absolute atomic E-state index is 11.1. The number of aliphatic hydroxyl groups excluding tert-OH is 6. The molecule has 6 saturated heterocycles. The summed E-state index contributed by atoms with van der Waals surface area (Å²) < 4.78 is 102. The van der Waals surface area contributed by atoms with Crippen molar-refractivity contribution < 1.29 is 120 Å². The minimum absolute atomic E-state index is 0.0620. The highest BCUT2D eigenvalue weighted by Crippen LogP contribution is 2.36. The second-order valence-electron chi connectivity index (χ2n) is 29.2. The molecule has 101 heavy (non-hydrogen) atoms. The summed E-state index contributed by atoms with van der Waals surface area (Å²) in [6.45, 7) is 8.70. The molecule has 9 aliphatic rings. The number of nitrogens with two attached hydrogens (primary N) is 11. The molecule has 0 aromatic carbocycles. The van der Waals surface area contributed by atoms with Crippen molar-refractivity contribution >= 4 is 10.4 Å². The van der Waals surface area contributed by atoms with Gasteiger partial charge in [0.1, 0.15) is 90.1 Å². The largest absolute Gasteiger partial charge is 0.394 e. The van der Waals surface area contributed by atoms with Crippen LogP contribution in [0.3, 0.4) is 0 Å². The fraction of sp³-hybridized carbons (Fsp3) is 1.00. The van der Waals surface area contributed by atoms with Crippen LogP contribution in [0, 0.1) is 0 Å². The van der Waals surface area contributed by atoms with E-state index in [-0.39, 0.29) is 68.3 Å². The lowest BCUT2D eigenvalue weighted by atomic mass is 9.84. The van der Waals surface area contributed by atoms with Gasteiger partial charge in [-0.3, -0.25) is 9.11 Å². The van der Waals surface area contributed by atoms with Crippen LogP contribution in [0.15, 0.2) is 0 Å². The average Bonchev–Trinajstić information content (AvgIpc) is 0.788. The van der Waals surface area contributed by atoms with Crippen LogP contribution in [0.5, 0.6) is 0 Å². The van der Waals surface area contributed by atoms with Crippen molar-refractivity contribution in [3.63, 3.8) is 0 Å². The third-order valence-corrected chi connectivity index (χ3v) is 20.6. The van der Waals surface area contributed by atoms with Gasteiger partial charge >= 0.3 is 10.4 Å². The van der Waals surface area contributed by atoms with Gasteiger partial charge in [-0.1, -0.05) is 0 Å². The first-order chi connectivity index (χ1) is 47.0. The van der Waals surface area contributed by atoms with E-state index < -0.39 is 193 Å². The highest BCUT2D eigenvalue weighted by atomic mass is 32.3. The third kappa shape index (κ3) is 23.0. The second kappa shape index (κ2) is 38.2. The lowest BCUT2D eigenvalue weighted by molar-refractivity contribution is -0.307. The molecule has 41 heteroatoms. The van der Waals surface area contributed by atoms with E-state index in [2.05, 4.69) is 21.3 Å². The van der Waals surface area contributed by atoms with Crippen molar-refractivity contribution in [1.29, 1.82) is 0 Å². The van der Waals surface area contributed by atoms with Gasteiger partial charge < -0.3 is 187 Å². The molecule has 0 spiro atoms. The molecule has 40 nitrogen and oxygen atoms in total. The van der Waals surface area contributed by atoms with Crippen molar-refractivity contribution in [2.24, 2.45) is 63.1 Å². The molecule has 38 atom stereocenters. The Balaban J connectivity index is 0.000000230. The van der Waals surface area contributed by atoms with Crippen LogP contribution in [0.25, 0.3) is 0 Å². The lowest BCUT2D eigenvalue weighted by Crippen LogP contribution is -2.68. The summed E-state index contributed by atoms with van der Waals surface area (Å²) in [5, 5.41) is 108. The quantitative estimate of drug-likeness (QED) is 0.0534. The predicted molar refractivity (Wildman–Crippen MR) is 360 cm³/mol. The van der Waals surface area contributed by atoms with E-state index in [0.29, 0.717) is 45.1 Å². The highest BCUT2D eigenvalue weighted by molar-refractivity contribution is 7.79. The fourth-order valence-electron chi connectivity index (χ4n) is 14.6. The summed E-state index contributed by atoms with van der Waals surface area (Å²) in [5.74, 6) is 0. The number of likely N-dealkylation sites (N-methyl/N-ethyl adjacent to an activating group) is 4. The van der Waals surface area contributed by atoms with Gasteiger partial charge in [0.25, 0.3) is 0 Å². The van der Waals surface area contributed by atoms with Gasteiger partial charge in [-0.25, -0.2) is 0 Å². The summed E-state index contributed by atoms with van der Waals surface area (Å²) in [6, 6.07) is -6.84. The second-order valence-corrected chi connectivity index (χ2v) is 30.1. The van der Waals surface area contributed by atoms with E-state index in [1.54, 1.807) is 41.9 Å². The number of aliphatic hydroxyl groups is 9. The molecule has 6 aliphatic heterocycles. The van der Waals surface area contributed by atoms with E-state index in [1.165, 1.54) is 0 Å². The molecule has 9 rings (SSSR count). The Hall–Kier alpha value is -1.57. The van der Waals surface area contributed by atoms with E-state index in [9.17, 15) is 46.0 Å². The smallest absolute Gasteiger partial charge is 0.388 e. The molecule has 0 amide bonds. The zero-order valence-corrected chi connectivity index (χ0v) is 60.1. The highest BCUT2D eigenvalue weighted by Gasteiger charge is 2.55. The number of rotatable bonds is 19.